The van der Waals surface area contributed by atoms with Crippen LogP contribution in [0.2, 0.25) is 0 Å². The van der Waals surface area contributed by atoms with Gasteiger partial charge in [0.05, 0.1) is 13.2 Å². The molecular formula is C11H15NO2. The summed E-state index contributed by atoms with van der Waals surface area (Å²) in [5.74, 6) is 0.791. The summed E-state index contributed by atoms with van der Waals surface area (Å²) in [6.45, 7) is 2.07. The van der Waals surface area contributed by atoms with Gasteiger partial charge in [-0.15, -0.1) is 0 Å². The first-order valence-corrected chi connectivity index (χ1v) is 4.83. The van der Waals surface area contributed by atoms with E-state index in [4.69, 9.17) is 4.74 Å². The quantitative estimate of drug-likeness (QED) is 0.716. The van der Waals surface area contributed by atoms with Gasteiger partial charge >= 0.3 is 0 Å². The SMILES string of the molecule is COc1ccc2c(c1)[C@H](O)C[C@@H](C)N2. The number of fused-ring (bicyclic) bond motifs is 1. The predicted molar refractivity (Wildman–Crippen MR) is 55.7 cm³/mol. The van der Waals surface area contributed by atoms with E-state index in [9.17, 15) is 5.11 Å². The van der Waals surface area contributed by atoms with Crippen molar-refractivity contribution in [1.82, 2.24) is 0 Å². The monoisotopic (exact) mass is 193 g/mol. The van der Waals surface area contributed by atoms with Gasteiger partial charge in [-0.1, -0.05) is 0 Å². The van der Waals surface area contributed by atoms with Crippen molar-refractivity contribution in [1.29, 1.82) is 0 Å². The normalized spacial score (nSPS) is 25.1. The molecule has 0 radical (unpaired) electrons. The highest BCUT2D eigenvalue weighted by atomic mass is 16.5. The predicted octanol–water partition coefficient (Wildman–Crippen LogP) is 1.93. The van der Waals surface area contributed by atoms with E-state index in [1.54, 1.807) is 7.11 Å². The summed E-state index contributed by atoms with van der Waals surface area (Å²) in [5, 5.41) is 13.2. The first-order valence-electron chi connectivity index (χ1n) is 4.83. The van der Waals surface area contributed by atoms with Gasteiger partial charge in [0, 0.05) is 17.3 Å². The van der Waals surface area contributed by atoms with Gasteiger partial charge in [-0.3, -0.25) is 0 Å². The number of methoxy groups -OCH3 is 1. The van der Waals surface area contributed by atoms with Crippen molar-refractivity contribution < 1.29 is 9.84 Å². The average Bonchev–Trinajstić information content (AvgIpc) is 2.17. The van der Waals surface area contributed by atoms with Gasteiger partial charge in [-0.2, -0.15) is 0 Å². The molecule has 0 saturated heterocycles. The highest BCUT2D eigenvalue weighted by Crippen LogP contribution is 2.34. The summed E-state index contributed by atoms with van der Waals surface area (Å²) in [5.41, 5.74) is 1.94. The molecule has 0 aromatic heterocycles. The zero-order chi connectivity index (χ0) is 10.1. The van der Waals surface area contributed by atoms with Crippen LogP contribution in [0, 0.1) is 0 Å². The fourth-order valence-corrected chi connectivity index (χ4v) is 1.86. The fraction of sp³-hybridized carbons (Fsp3) is 0.455. The van der Waals surface area contributed by atoms with Crippen molar-refractivity contribution in [3.63, 3.8) is 0 Å². The maximum atomic E-state index is 9.86. The summed E-state index contributed by atoms with van der Waals surface area (Å²) < 4.78 is 5.12. The molecule has 2 atom stereocenters. The van der Waals surface area contributed by atoms with Crippen LogP contribution in [0.3, 0.4) is 0 Å². The third-order valence-corrected chi connectivity index (χ3v) is 2.60. The molecule has 3 nitrogen and oxygen atoms in total. The minimum Gasteiger partial charge on any atom is -0.497 e. The molecule has 0 fully saturated rings. The Morgan fingerprint density at radius 1 is 1.50 bits per heavy atom. The van der Waals surface area contributed by atoms with E-state index in [1.165, 1.54) is 0 Å². The molecule has 0 spiro atoms. The van der Waals surface area contributed by atoms with Crippen molar-refractivity contribution in [2.45, 2.75) is 25.5 Å². The van der Waals surface area contributed by atoms with Crippen molar-refractivity contribution in [2.75, 3.05) is 12.4 Å². The van der Waals surface area contributed by atoms with Crippen LogP contribution in [-0.2, 0) is 0 Å². The molecule has 1 aromatic rings. The fourth-order valence-electron chi connectivity index (χ4n) is 1.86. The molecule has 0 aliphatic carbocycles. The molecule has 0 unspecified atom stereocenters. The number of hydrogen-bond donors (Lipinski definition) is 2. The Hall–Kier alpha value is -1.22. The lowest BCUT2D eigenvalue weighted by atomic mass is 9.96. The Morgan fingerprint density at radius 3 is 3.00 bits per heavy atom. The largest absolute Gasteiger partial charge is 0.497 e. The molecule has 1 aliphatic heterocycles. The Kier molecular flexibility index (Phi) is 2.33. The van der Waals surface area contributed by atoms with Crippen LogP contribution < -0.4 is 10.1 Å². The van der Waals surface area contributed by atoms with Gasteiger partial charge < -0.3 is 15.2 Å². The molecule has 14 heavy (non-hydrogen) atoms. The van der Waals surface area contributed by atoms with Crippen LogP contribution in [0.15, 0.2) is 18.2 Å². The number of aliphatic hydroxyl groups is 1. The summed E-state index contributed by atoms with van der Waals surface area (Å²) >= 11 is 0. The minimum absolute atomic E-state index is 0.325. The van der Waals surface area contributed by atoms with Crippen LogP contribution in [0.5, 0.6) is 5.75 Å². The van der Waals surface area contributed by atoms with Crippen LogP contribution >= 0.6 is 0 Å². The number of hydrogen-bond acceptors (Lipinski definition) is 3. The zero-order valence-corrected chi connectivity index (χ0v) is 8.45. The molecule has 0 bridgehead atoms. The van der Waals surface area contributed by atoms with Gasteiger partial charge in [0.15, 0.2) is 0 Å². The Balaban J connectivity index is 2.39. The van der Waals surface area contributed by atoms with E-state index in [1.807, 2.05) is 18.2 Å². The summed E-state index contributed by atoms with van der Waals surface area (Å²) in [7, 11) is 1.63. The van der Waals surface area contributed by atoms with Crippen LogP contribution in [-0.4, -0.2) is 18.3 Å². The van der Waals surface area contributed by atoms with Gasteiger partial charge in [0.1, 0.15) is 5.75 Å². The standard InChI is InChI=1S/C11H15NO2/c1-7-5-11(13)9-6-8(14-2)3-4-10(9)12-7/h3-4,6-7,11-13H,5H2,1-2H3/t7-,11-/m1/s1. The maximum absolute atomic E-state index is 9.86. The second-order valence-electron chi connectivity index (χ2n) is 3.75. The second-order valence-corrected chi connectivity index (χ2v) is 3.75. The van der Waals surface area contributed by atoms with Crippen molar-refractivity contribution in [2.24, 2.45) is 0 Å². The molecule has 76 valence electrons. The van der Waals surface area contributed by atoms with Crippen LogP contribution in [0.1, 0.15) is 25.0 Å². The first-order chi connectivity index (χ1) is 6.70. The molecule has 1 heterocycles. The molecule has 0 saturated carbocycles. The number of aliphatic hydroxyl groups excluding tert-OH is 1. The van der Waals surface area contributed by atoms with Crippen molar-refractivity contribution in [3.8, 4) is 5.75 Å². The van der Waals surface area contributed by atoms with Crippen LogP contribution in [0.4, 0.5) is 5.69 Å². The number of anilines is 1. The molecular weight excluding hydrogens is 178 g/mol. The third-order valence-electron chi connectivity index (χ3n) is 2.60. The number of rotatable bonds is 1. The number of benzene rings is 1. The lowest BCUT2D eigenvalue weighted by Crippen LogP contribution is -2.25. The minimum atomic E-state index is -0.378. The summed E-state index contributed by atoms with van der Waals surface area (Å²) in [6, 6.07) is 6.06. The zero-order valence-electron chi connectivity index (χ0n) is 8.45. The Labute approximate surface area is 83.7 Å². The topological polar surface area (TPSA) is 41.5 Å². The Morgan fingerprint density at radius 2 is 2.29 bits per heavy atom. The first kappa shape index (κ1) is 9.34. The third kappa shape index (κ3) is 1.55. The molecule has 1 aromatic carbocycles. The lowest BCUT2D eigenvalue weighted by Gasteiger charge is -2.28. The van der Waals surface area contributed by atoms with E-state index in [0.717, 1.165) is 23.4 Å². The molecule has 2 rings (SSSR count). The van der Waals surface area contributed by atoms with Gasteiger partial charge in [-0.05, 0) is 31.5 Å². The summed E-state index contributed by atoms with van der Waals surface area (Å²) in [4.78, 5) is 0. The summed E-state index contributed by atoms with van der Waals surface area (Å²) in [6.07, 6.45) is 0.372. The number of nitrogens with one attached hydrogen (secondary N) is 1. The molecule has 3 heteroatoms. The van der Waals surface area contributed by atoms with E-state index in [0.29, 0.717) is 6.04 Å². The maximum Gasteiger partial charge on any atom is 0.119 e. The van der Waals surface area contributed by atoms with E-state index >= 15 is 0 Å². The lowest BCUT2D eigenvalue weighted by molar-refractivity contribution is 0.158. The second kappa shape index (κ2) is 3.50. The van der Waals surface area contributed by atoms with E-state index in [2.05, 4.69) is 12.2 Å². The van der Waals surface area contributed by atoms with Crippen molar-refractivity contribution in [3.05, 3.63) is 23.8 Å². The van der Waals surface area contributed by atoms with Crippen LogP contribution in [0.25, 0.3) is 0 Å². The van der Waals surface area contributed by atoms with Gasteiger partial charge in [-0.25, -0.2) is 0 Å². The Bertz CT molecular complexity index is 338. The van der Waals surface area contributed by atoms with Crippen molar-refractivity contribution >= 4 is 5.69 Å². The highest BCUT2D eigenvalue weighted by Gasteiger charge is 2.22. The van der Waals surface area contributed by atoms with Gasteiger partial charge in [0.2, 0.25) is 0 Å². The highest BCUT2D eigenvalue weighted by molar-refractivity contribution is 5.57. The van der Waals surface area contributed by atoms with E-state index < -0.39 is 0 Å². The molecule has 0 amide bonds. The molecule has 2 N–H and O–H groups in total. The number of ether oxygens (including phenoxy) is 1. The smallest absolute Gasteiger partial charge is 0.119 e. The van der Waals surface area contributed by atoms with Gasteiger partial charge in [0.25, 0.3) is 0 Å². The van der Waals surface area contributed by atoms with E-state index in [-0.39, 0.29) is 6.10 Å². The average molecular weight is 193 g/mol. The molecule has 1 aliphatic rings.